The van der Waals surface area contributed by atoms with Crippen molar-refractivity contribution < 1.29 is 0 Å². The van der Waals surface area contributed by atoms with Crippen molar-refractivity contribution in [2.24, 2.45) is 0 Å². The molecule has 0 unspecified atom stereocenters. The van der Waals surface area contributed by atoms with Gasteiger partial charge in [0.15, 0.2) is 0 Å². The normalized spacial score (nSPS) is 11.1. The van der Waals surface area contributed by atoms with Gasteiger partial charge in [-0.05, 0) is 66.5 Å². The number of aromatic nitrogens is 4. The lowest BCUT2D eigenvalue weighted by Gasteiger charge is -2.08. The van der Waals surface area contributed by atoms with Gasteiger partial charge in [-0.3, -0.25) is 9.36 Å². The van der Waals surface area contributed by atoms with E-state index in [2.05, 4.69) is 117 Å². The van der Waals surface area contributed by atoms with Crippen molar-refractivity contribution in [3.8, 4) is 0 Å². The van der Waals surface area contributed by atoms with E-state index in [0.717, 1.165) is 18.8 Å². The SMILES string of the molecule is Cc1cc(C)n(Cc2ccc(C(C)C)cc2)n1.Cc1cnn(Cc2ccc(C(C)C)cc2)c1. The molecule has 0 fully saturated rings. The van der Waals surface area contributed by atoms with E-state index in [4.69, 9.17) is 0 Å². The maximum atomic E-state index is 4.48. The van der Waals surface area contributed by atoms with Gasteiger partial charge in [0.25, 0.3) is 0 Å². The van der Waals surface area contributed by atoms with Crippen molar-refractivity contribution in [3.63, 3.8) is 0 Å². The van der Waals surface area contributed by atoms with Gasteiger partial charge in [-0.2, -0.15) is 10.2 Å². The standard InChI is InChI=1S/C15H20N2.C14H18N2/c1-11(2)15-7-5-14(6-8-15)10-17-13(4)9-12(3)16-17;1-11(2)14-6-4-13(5-7-14)10-16-9-12(3)8-15-16/h5-9,11H,10H2,1-4H3;4-9,11H,10H2,1-3H3. The molecule has 33 heavy (non-hydrogen) atoms. The van der Waals surface area contributed by atoms with Crippen molar-refractivity contribution in [3.05, 3.63) is 106 Å². The Bertz CT molecular complexity index is 1130. The van der Waals surface area contributed by atoms with Crippen LogP contribution < -0.4 is 0 Å². The maximum Gasteiger partial charge on any atom is 0.0662 e. The molecule has 0 saturated carbocycles. The van der Waals surface area contributed by atoms with Gasteiger partial charge >= 0.3 is 0 Å². The van der Waals surface area contributed by atoms with Crippen LogP contribution in [0.4, 0.5) is 0 Å². The third-order valence-electron chi connectivity index (χ3n) is 5.84. The summed E-state index contributed by atoms with van der Waals surface area (Å²) in [5, 5.41) is 8.76. The average molecular weight is 443 g/mol. The van der Waals surface area contributed by atoms with E-state index in [1.54, 1.807) is 0 Å². The number of hydrogen-bond donors (Lipinski definition) is 0. The molecule has 0 amide bonds. The highest BCUT2D eigenvalue weighted by molar-refractivity contribution is 5.26. The summed E-state index contributed by atoms with van der Waals surface area (Å²) in [4.78, 5) is 0. The van der Waals surface area contributed by atoms with Crippen molar-refractivity contribution in [1.82, 2.24) is 19.6 Å². The van der Waals surface area contributed by atoms with Crippen LogP contribution in [0, 0.1) is 20.8 Å². The van der Waals surface area contributed by atoms with Crippen molar-refractivity contribution in [2.75, 3.05) is 0 Å². The number of benzene rings is 2. The third kappa shape index (κ3) is 7.18. The Morgan fingerprint density at radius 1 is 0.727 bits per heavy atom. The molecule has 0 atom stereocenters. The highest BCUT2D eigenvalue weighted by Gasteiger charge is 2.03. The van der Waals surface area contributed by atoms with Crippen LogP contribution in [0.25, 0.3) is 0 Å². The first-order chi connectivity index (χ1) is 15.7. The molecule has 0 saturated heterocycles. The molecule has 0 bridgehead atoms. The lowest BCUT2D eigenvalue weighted by molar-refractivity contribution is 0.658. The Morgan fingerprint density at radius 3 is 1.64 bits per heavy atom. The molecule has 0 aliphatic heterocycles. The summed E-state index contributed by atoms with van der Waals surface area (Å²) in [7, 11) is 0. The summed E-state index contributed by atoms with van der Waals surface area (Å²) in [5.74, 6) is 1.19. The molecule has 0 spiro atoms. The van der Waals surface area contributed by atoms with E-state index in [-0.39, 0.29) is 0 Å². The molecule has 2 aromatic carbocycles. The molecule has 0 radical (unpaired) electrons. The second-order valence-electron chi connectivity index (χ2n) is 9.59. The minimum atomic E-state index is 0.595. The number of rotatable bonds is 6. The predicted molar refractivity (Wildman–Crippen MR) is 138 cm³/mol. The van der Waals surface area contributed by atoms with Crippen LogP contribution in [0.3, 0.4) is 0 Å². The van der Waals surface area contributed by atoms with Gasteiger partial charge in [0, 0.05) is 11.9 Å². The summed E-state index contributed by atoms with van der Waals surface area (Å²) in [6, 6.07) is 19.7. The number of hydrogen-bond acceptors (Lipinski definition) is 2. The largest absolute Gasteiger partial charge is 0.268 e. The van der Waals surface area contributed by atoms with Crippen LogP contribution >= 0.6 is 0 Å². The Hall–Kier alpha value is -3.14. The zero-order valence-corrected chi connectivity index (χ0v) is 21.2. The van der Waals surface area contributed by atoms with Gasteiger partial charge in [-0.15, -0.1) is 0 Å². The van der Waals surface area contributed by atoms with E-state index < -0.39 is 0 Å². The minimum absolute atomic E-state index is 0.595. The second kappa shape index (κ2) is 11.1. The Morgan fingerprint density at radius 2 is 1.24 bits per heavy atom. The molecule has 4 nitrogen and oxygen atoms in total. The van der Waals surface area contributed by atoms with Crippen LogP contribution in [-0.2, 0) is 13.1 Å². The van der Waals surface area contributed by atoms with Crippen LogP contribution in [-0.4, -0.2) is 19.6 Å². The van der Waals surface area contributed by atoms with Gasteiger partial charge in [-0.25, -0.2) is 0 Å². The fraction of sp³-hybridized carbons (Fsp3) is 0.379. The molecule has 4 heteroatoms. The molecule has 0 aliphatic rings. The second-order valence-corrected chi connectivity index (χ2v) is 9.59. The van der Waals surface area contributed by atoms with Crippen LogP contribution in [0.15, 0.2) is 67.0 Å². The molecule has 4 rings (SSSR count). The van der Waals surface area contributed by atoms with E-state index >= 15 is 0 Å². The molecule has 2 aromatic heterocycles. The smallest absolute Gasteiger partial charge is 0.0662 e. The quantitative estimate of drug-likeness (QED) is 0.321. The van der Waals surface area contributed by atoms with Gasteiger partial charge in [0.1, 0.15) is 0 Å². The van der Waals surface area contributed by atoms with Gasteiger partial charge in [0.2, 0.25) is 0 Å². The number of nitrogens with zero attached hydrogens (tertiary/aromatic N) is 4. The zero-order chi connectivity index (χ0) is 24.0. The maximum absolute atomic E-state index is 4.48. The minimum Gasteiger partial charge on any atom is -0.268 e. The summed E-state index contributed by atoms with van der Waals surface area (Å²) in [6.07, 6.45) is 3.96. The molecule has 174 valence electrons. The topological polar surface area (TPSA) is 35.6 Å². The summed E-state index contributed by atoms with van der Waals surface area (Å²) in [6.45, 7) is 16.8. The first-order valence-corrected chi connectivity index (χ1v) is 11.9. The van der Waals surface area contributed by atoms with Gasteiger partial charge in [-0.1, -0.05) is 76.2 Å². The van der Waals surface area contributed by atoms with E-state index in [0.29, 0.717) is 11.8 Å². The molecular formula is C29H38N4. The van der Waals surface area contributed by atoms with Crippen molar-refractivity contribution in [1.29, 1.82) is 0 Å². The highest BCUT2D eigenvalue weighted by atomic mass is 15.3. The average Bonchev–Trinajstić information content (AvgIpc) is 3.32. The van der Waals surface area contributed by atoms with E-state index in [9.17, 15) is 0 Å². The predicted octanol–water partition coefficient (Wildman–Crippen LogP) is 7.03. The van der Waals surface area contributed by atoms with Crippen LogP contribution in [0.1, 0.15) is 78.7 Å². The first kappa shape index (κ1) is 24.5. The third-order valence-corrected chi connectivity index (χ3v) is 5.84. The zero-order valence-electron chi connectivity index (χ0n) is 21.2. The monoisotopic (exact) mass is 442 g/mol. The lowest BCUT2D eigenvalue weighted by Crippen LogP contribution is -2.04. The fourth-order valence-electron chi connectivity index (χ4n) is 3.76. The van der Waals surface area contributed by atoms with E-state index in [1.165, 1.54) is 33.5 Å². The number of aryl methyl sites for hydroxylation is 3. The lowest BCUT2D eigenvalue weighted by atomic mass is 10.0. The Kier molecular flexibility index (Phi) is 8.26. The molecule has 0 N–H and O–H groups in total. The highest BCUT2D eigenvalue weighted by Crippen LogP contribution is 2.16. The van der Waals surface area contributed by atoms with Crippen molar-refractivity contribution >= 4 is 0 Å². The fourth-order valence-corrected chi connectivity index (χ4v) is 3.76. The first-order valence-electron chi connectivity index (χ1n) is 11.9. The van der Waals surface area contributed by atoms with Gasteiger partial charge in [0.05, 0.1) is 25.0 Å². The van der Waals surface area contributed by atoms with E-state index in [1.807, 2.05) is 17.8 Å². The Labute approximate surface area is 199 Å². The molecular weight excluding hydrogens is 404 g/mol. The molecule has 2 heterocycles. The van der Waals surface area contributed by atoms with Crippen LogP contribution in [0.2, 0.25) is 0 Å². The summed E-state index contributed by atoms with van der Waals surface area (Å²) in [5.41, 5.74) is 8.89. The molecule has 0 aliphatic carbocycles. The summed E-state index contributed by atoms with van der Waals surface area (Å²) >= 11 is 0. The molecule has 4 aromatic rings. The van der Waals surface area contributed by atoms with Crippen molar-refractivity contribution in [2.45, 2.75) is 73.4 Å². The van der Waals surface area contributed by atoms with Crippen LogP contribution in [0.5, 0.6) is 0 Å². The summed E-state index contributed by atoms with van der Waals surface area (Å²) < 4.78 is 4.03. The van der Waals surface area contributed by atoms with Gasteiger partial charge < -0.3 is 0 Å². The Balaban J connectivity index is 0.000000186.